The first-order valence-electron chi connectivity index (χ1n) is 13.7. The molecule has 0 radical (unpaired) electrons. The Labute approximate surface area is 245 Å². The molecule has 5 rings (SSSR count). The summed E-state index contributed by atoms with van der Waals surface area (Å²) in [5.74, 6) is 2.54. The van der Waals surface area contributed by atoms with Crippen molar-refractivity contribution in [1.29, 1.82) is 0 Å². The molecule has 0 fully saturated rings. The summed E-state index contributed by atoms with van der Waals surface area (Å²) in [6.07, 6.45) is -0.580. The van der Waals surface area contributed by atoms with E-state index in [1.807, 2.05) is 54.6 Å². The molecule has 4 aromatic rings. The maximum absolute atomic E-state index is 12.4. The van der Waals surface area contributed by atoms with E-state index in [1.54, 1.807) is 28.3 Å². The van der Waals surface area contributed by atoms with Gasteiger partial charge in [-0.1, -0.05) is 60.7 Å². The van der Waals surface area contributed by atoms with Gasteiger partial charge in [0.1, 0.15) is 11.5 Å². The van der Waals surface area contributed by atoms with Crippen LogP contribution in [0, 0.1) is 0 Å². The molecular formula is C32H35N5O5. The fourth-order valence-electron chi connectivity index (χ4n) is 5.01. The predicted octanol–water partition coefficient (Wildman–Crippen LogP) is 6.46. The number of fused-ring (bicyclic) bond motifs is 1. The molecule has 0 aliphatic carbocycles. The van der Waals surface area contributed by atoms with Crippen molar-refractivity contribution in [3.63, 3.8) is 0 Å². The third-order valence-electron chi connectivity index (χ3n) is 6.97. The lowest BCUT2D eigenvalue weighted by atomic mass is 9.98. The van der Waals surface area contributed by atoms with Crippen LogP contribution in [0.5, 0.6) is 17.2 Å². The Morgan fingerprint density at radius 3 is 2.10 bits per heavy atom. The third kappa shape index (κ3) is 6.12. The van der Waals surface area contributed by atoms with Crippen LogP contribution in [0.2, 0.25) is 0 Å². The van der Waals surface area contributed by atoms with E-state index in [1.165, 1.54) is 0 Å². The quantitative estimate of drug-likeness (QED) is 0.171. The molecule has 0 bridgehead atoms. The topological polar surface area (TPSA) is 115 Å². The van der Waals surface area contributed by atoms with E-state index >= 15 is 0 Å². The number of pyridine rings is 1. The average Bonchev–Trinajstić information content (AvgIpc) is 3.03. The number of carbonyl (C=O) groups excluding carboxylic acids is 1. The first-order valence-corrected chi connectivity index (χ1v) is 13.7. The lowest BCUT2D eigenvalue weighted by Gasteiger charge is -2.32. The minimum absolute atomic E-state index is 0.163. The zero-order valence-corrected chi connectivity index (χ0v) is 24.1. The molecule has 42 heavy (non-hydrogen) atoms. The molecule has 3 aromatic carbocycles. The SMILES string of the molecule is CCOC(=O)Nc1cc(NC(c2ccccc2)c2ccccc2)c2c(n1)NC(c1cc(OC)c(OC)c(OC)c1)CN2. The van der Waals surface area contributed by atoms with E-state index in [2.05, 4.69) is 45.5 Å². The van der Waals surface area contributed by atoms with Gasteiger partial charge in [-0.2, -0.15) is 0 Å². The Morgan fingerprint density at radius 1 is 0.929 bits per heavy atom. The molecule has 0 saturated carbocycles. The first kappa shape index (κ1) is 28.4. The normalized spacial score (nSPS) is 13.7. The first-order chi connectivity index (χ1) is 20.5. The van der Waals surface area contributed by atoms with E-state index in [0.29, 0.717) is 35.4 Å². The number of methoxy groups -OCH3 is 3. The molecule has 1 amide bonds. The largest absolute Gasteiger partial charge is 0.493 e. The minimum atomic E-state index is -0.580. The molecule has 10 heteroatoms. The Kier molecular flexibility index (Phi) is 8.81. The van der Waals surface area contributed by atoms with Crippen molar-refractivity contribution < 1.29 is 23.7 Å². The molecule has 4 N–H and O–H groups in total. The molecule has 1 aromatic heterocycles. The second-order valence-corrected chi connectivity index (χ2v) is 9.56. The Balaban J connectivity index is 1.54. The van der Waals surface area contributed by atoms with Gasteiger partial charge >= 0.3 is 6.09 Å². The number of nitrogens with zero attached hydrogens (tertiary/aromatic N) is 1. The number of ether oxygens (including phenoxy) is 4. The lowest BCUT2D eigenvalue weighted by Crippen LogP contribution is -2.28. The number of amides is 1. The second-order valence-electron chi connectivity index (χ2n) is 9.56. The van der Waals surface area contributed by atoms with Gasteiger partial charge in [0.25, 0.3) is 0 Å². The average molecular weight is 570 g/mol. The zero-order valence-electron chi connectivity index (χ0n) is 24.1. The van der Waals surface area contributed by atoms with E-state index < -0.39 is 6.09 Å². The molecule has 1 atom stereocenters. The van der Waals surface area contributed by atoms with Crippen LogP contribution in [-0.4, -0.2) is 45.6 Å². The van der Waals surface area contributed by atoms with Crippen molar-refractivity contribution in [1.82, 2.24) is 4.98 Å². The maximum Gasteiger partial charge on any atom is 0.412 e. The summed E-state index contributed by atoms with van der Waals surface area (Å²) in [7, 11) is 4.75. The number of aromatic nitrogens is 1. The van der Waals surface area contributed by atoms with Gasteiger partial charge in [0.2, 0.25) is 5.75 Å². The summed E-state index contributed by atoms with van der Waals surface area (Å²) in [5.41, 5.74) is 4.64. The van der Waals surface area contributed by atoms with E-state index in [-0.39, 0.29) is 18.7 Å². The molecule has 1 aliphatic heterocycles. The van der Waals surface area contributed by atoms with Gasteiger partial charge in [0.05, 0.1) is 45.7 Å². The van der Waals surface area contributed by atoms with Crippen molar-refractivity contribution in [2.24, 2.45) is 0 Å². The van der Waals surface area contributed by atoms with E-state index in [0.717, 1.165) is 28.1 Å². The van der Waals surface area contributed by atoms with Crippen molar-refractivity contribution in [2.75, 3.05) is 55.7 Å². The van der Waals surface area contributed by atoms with Crippen LogP contribution in [0.4, 0.5) is 27.8 Å². The summed E-state index contributed by atoms with van der Waals surface area (Å²) < 4.78 is 21.8. The molecule has 0 saturated heterocycles. The van der Waals surface area contributed by atoms with E-state index in [9.17, 15) is 4.79 Å². The molecule has 1 aliphatic rings. The smallest absolute Gasteiger partial charge is 0.412 e. The van der Waals surface area contributed by atoms with Gasteiger partial charge in [-0.05, 0) is 35.7 Å². The van der Waals surface area contributed by atoms with Gasteiger partial charge in [-0.3, -0.25) is 5.32 Å². The summed E-state index contributed by atoms with van der Waals surface area (Å²) in [6, 6.07) is 25.7. The van der Waals surface area contributed by atoms with Crippen LogP contribution < -0.4 is 35.5 Å². The van der Waals surface area contributed by atoms with Crippen LogP contribution in [0.3, 0.4) is 0 Å². The number of carbonyl (C=O) groups is 1. The maximum atomic E-state index is 12.4. The molecule has 0 spiro atoms. The van der Waals surface area contributed by atoms with Crippen LogP contribution in [-0.2, 0) is 4.74 Å². The second kappa shape index (κ2) is 13.0. The Bertz CT molecular complexity index is 1450. The summed E-state index contributed by atoms with van der Waals surface area (Å²) in [6.45, 7) is 2.55. The third-order valence-corrected chi connectivity index (χ3v) is 6.97. The fourth-order valence-corrected chi connectivity index (χ4v) is 5.01. The van der Waals surface area contributed by atoms with Crippen LogP contribution >= 0.6 is 0 Å². The Morgan fingerprint density at radius 2 is 1.55 bits per heavy atom. The molecule has 1 unspecified atom stereocenters. The highest BCUT2D eigenvalue weighted by Gasteiger charge is 2.27. The van der Waals surface area contributed by atoms with Crippen LogP contribution in [0.25, 0.3) is 0 Å². The van der Waals surface area contributed by atoms with Crippen LogP contribution in [0.15, 0.2) is 78.9 Å². The lowest BCUT2D eigenvalue weighted by molar-refractivity contribution is 0.168. The van der Waals surface area contributed by atoms with Gasteiger partial charge in [0.15, 0.2) is 17.3 Å². The van der Waals surface area contributed by atoms with Crippen LogP contribution in [0.1, 0.15) is 35.7 Å². The summed E-state index contributed by atoms with van der Waals surface area (Å²) in [4.78, 5) is 17.1. The minimum Gasteiger partial charge on any atom is -0.493 e. The summed E-state index contributed by atoms with van der Waals surface area (Å²) in [5, 5.41) is 13.5. The number of anilines is 4. The number of hydrogen-bond donors (Lipinski definition) is 4. The van der Waals surface area contributed by atoms with Gasteiger partial charge in [-0.15, -0.1) is 0 Å². The highest BCUT2D eigenvalue weighted by molar-refractivity contribution is 5.89. The highest BCUT2D eigenvalue weighted by atomic mass is 16.5. The van der Waals surface area contributed by atoms with E-state index in [4.69, 9.17) is 23.9 Å². The van der Waals surface area contributed by atoms with Crippen molar-refractivity contribution >= 4 is 29.1 Å². The van der Waals surface area contributed by atoms with Crippen molar-refractivity contribution in [3.8, 4) is 17.2 Å². The van der Waals surface area contributed by atoms with Crippen molar-refractivity contribution in [3.05, 3.63) is 95.6 Å². The number of nitrogens with one attached hydrogen (secondary N) is 4. The number of rotatable bonds is 10. The molecule has 10 nitrogen and oxygen atoms in total. The van der Waals surface area contributed by atoms with Gasteiger partial charge < -0.3 is 34.9 Å². The highest BCUT2D eigenvalue weighted by Crippen LogP contribution is 2.43. The van der Waals surface area contributed by atoms with Gasteiger partial charge in [-0.25, -0.2) is 9.78 Å². The molecule has 2 heterocycles. The standard InChI is InChI=1S/C32H35N5O5/c1-5-42-32(38)37-27-18-23(34-28(20-12-8-6-9-13-20)21-14-10-7-11-15-21)29-31(36-27)35-24(19-33-29)22-16-25(39-2)30(41-4)26(17-22)40-3/h6-18,24,28,33H,5,19H2,1-4H3,(H3,34,35,36,37,38). The fraction of sp³-hybridized carbons (Fsp3) is 0.250. The van der Waals surface area contributed by atoms with Crippen molar-refractivity contribution in [2.45, 2.75) is 19.0 Å². The van der Waals surface area contributed by atoms with Gasteiger partial charge in [0, 0.05) is 12.6 Å². The molecular weight excluding hydrogens is 534 g/mol. The monoisotopic (exact) mass is 569 g/mol. The number of benzene rings is 3. The molecule has 218 valence electrons. The predicted molar refractivity (Wildman–Crippen MR) is 164 cm³/mol. The zero-order chi connectivity index (χ0) is 29.5. The number of hydrogen-bond acceptors (Lipinski definition) is 9. The summed E-state index contributed by atoms with van der Waals surface area (Å²) >= 11 is 0. The Hall–Kier alpha value is -5.12.